The Morgan fingerprint density at radius 2 is 2.38 bits per heavy atom. The van der Waals surface area contributed by atoms with E-state index < -0.39 is 0 Å². The molecule has 1 aliphatic heterocycles. The summed E-state index contributed by atoms with van der Waals surface area (Å²) in [6.07, 6.45) is 0. The van der Waals surface area contributed by atoms with Crippen LogP contribution in [0.25, 0.3) is 0 Å². The van der Waals surface area contributed by atoms with Gasteiger partial charge in [-0.1, -0.05) is 12.6 Å². The largest absolute Gasteiger partial charge is 0.160 e. The molecule has 1 radical (unpaired) electrons. The lowest BCUT2D eigenvalue weighted by atomic mass is 10.5. The first-order valence-corrected chi connectivity index (χ1v) is 5.49. The Balaban J connectivity index is 1.86. The second kappa shape index (κ2) is 3.96. The van der Waals surface area contributed by atoms with E-state index in [1.54, 1.807) is 0 Å². The summed E-state index contributed by atoms with van der Waals surface area (Å²) in [4.78, 5) is 0. The molecule has 8 heavy (non-hydrogen) atoms. The lowest BCUT2D eigenvalue weighted by Gasteiger charge is -2.23. The fourth-order valence-electron chi connectivity index (χ4n) is 0.525. The average Bonchev–Trinajstić information content (AvgIpc) is 1.63. The minimum absolute atomic E-state index is 0.922. The van der Waals surface area contributed by atoms with Crippen LogP contribution in [0.5, 0.6) is 0 Å². The van der Waals surface area contributed by atoms with Gasteiger partial charge in [0.15, 0.2) is 0 Å². The topological polar surface area (TPSA) is 0 Å². The number of hydrogen-bond acceptors (Lipinski definition) is 2. The summed E-state index contributed by atoms with van der Waals surface area (Å²) >= 11 is 8.89. The van der Waals surface area contributed by atoms with Gasteiger partial charge in [0.1, 0.15) is 0 Å². The van der Waals surface area contributed by atoms with Crippen LogP contribution in [0.15, 0.2) is 0 Å². The van der Waals surface area contributed by atoms with Crippen molar-refractivity contribution >= 4 is 36.2 Å². The Hall–Kier alpha value is 1.05. The summed E-state index contributed by atoms with van der Waals surface area (Å²) in [6, 6.07) is 0. The summed E-state index contributed by atoms with van der Waals surface area (Å²) in [6.45, 7) is 0. The molecule has 0 bridgehead atoms. The van der Waals surface area contributed by atoms with Crippen molar-refractivity contribution in [3.63, 3.8) is 0 Å². The van der Waals surface area contributed by atoms with Gasteiger partial charge in [-0.3, -0.25) is 0 Å². The minimum Gasteiger partial charge on any atom is -0.160 e. The first kappa shape index (κ1) is 7.16. The van der Waals surface area contributed by atoms with Crippen LogP contribution in [-0.2, 0) is 0 Å². The molecule has 0 aromatic heterocycles. The highest BCUT2D eigenvalue weighted by Crippen LogP contribution is 2.28. The van der Waals surface area contributed by atoms with Gasteiger partial charge < -0.3 is 0 Å². The zero-order valence-electron chi connectivity index (χ0n) is 4.63. The molecule has 0 nitrogen and oxygen atoms in total. The standard InChI is InChI=1S/C5H9S3/c6-1-2-8-5-3-7-4-5/h5H,1-4H2. The van der Waals surface area contributed by atoms with Crippen LogP contribution in [0.1, 0.15) is 0 Å². The van der Waals surface area contributed by atoms with Crippen molar-refractivity contribution in [2.75, 3.05) is 23.0 Å². The maximum absolute atomic E-state index is 4.81. The summed E-state index contributed by atoms with van der Waals surface area (Å²) < 4.78 is 0. The van der Waals surface area contributed by atoms with Gasteiger partial charge in [-0.15, -0.1) is 0 Å². The van der Waals surface area contributed by atoms with Crippen LogP contribution in [0, 0.1) is 0 Å². The van der Waals surface area contributed by atoms with Crippen molar-refractivity contribution < 1.29 is 0 Å². The van der Waals surface area contributed by atoms with Crippen LogP contribution in [0.4, 0.5) is 0 Å². The van der Waals surface area contributed by atoms with Gasteiger partial charge in [0.05, 0.1) is 0 Å². The van der Waals surface area contributed by atoms with E-state index in [4.69, 9.17) is 12.6 Å². The first-order valence-electron chi connectivity index (χ1n) is 2.71. The Labute approximate surface area is 64.6 Å². The Kier molecular flexibility index (Phi) is 3.55. The predicted octanol–water partition coefficient (Wildman–Crippen LogP) is 2.03. The SMILES string of the molecule is [S]CCSC1CSC1. The quantitative estimate of drug-likeness (QED) is 0.627. The monoisotopic (exact) mass is 165 g/mol. The van der Waals surface area contributed by atoms with Gasteiger partial charge in [-0.2, -0.15) is 23.5 Å². The van der Waals surface area contributed by atoms with E-state index in [1.807, 2.05) is 23.5 Å². The molecule has 47 valence electrons. The maximum atomic E-state index is 4.81. The van der Waals surface area contributed by atoms with Gasteiger partial charge >= 0.3 is 0 Å². The molecule has 3 heteroatoms. The third-order valence-corrected chi connectivity index (χ3v) is 4.45. The predicted molar refractivity (Wildman–Crippen MR) is 46.0 cm³/mol. The highest BCUT2D eigenvalue weighted by Gasteiger charge is 2.17. The van der Waals surface area contributed by atoms with E-state index in [-0.39, 0.29) is 0 Å². The molecule has 1 rings (SSSR count). The second-order valence-corrected chi connectivity index (χ2v) is 4.63. The fourth-order valence-corrected chi connectivity index (χ4v) is 3.02. The second-order valence-electron chi connectivity index (χ2n) is 1.73. The van der Waals surface area contributed by atoms with E-state index in [0.29, 0.717) is 0 Å². The first-order chi connectivity index (χ1) is 3.93. The van der Waals surface area contributed by atoms with Crippen molar-refractivity contribution in [2.45, 2.75) is 5.25 Å². The lowest BCUT2D eigenvalue weighted by molar-refractivity contribution is 1.08. The van der Waals surface area contributed by atoms with Crippen LogP contribution in [0.2, 0.25) is 0 Å². The van der Waals surface area contributed by atoms with Crippen LogP contribution < -0.4 is 0 Å². The van der Waals surface area contributed by atoms with Gasteiger partial charge in [0.2, 0.25) is 0 Å². The van der Waals surface area contributed by atoms with Gasteiger partial charge in [-0.05, 0) is 0 Å². The molecule has 1 aliphatic rings. The smallest absolute Gasteiger partial charge is 0.0229 e. The summed E-state index contributed by atoms with van der Waals surface area (Å²) in [5.74, 6) is 4.83. The molecule has 0 amide bonds. The van der Waals surface area contributed by atoms with Crippen LogP contribution in [-0.4, -0.2) is 28.3 Å². The molecule has 1 saturated heterocycles. The molecule has 0 aromatic rings. The molecule has 1 heterocycles. The lowest BCUT2D eigenvalue weighted by Crippen LogP contribution is -2.21. The maximum Gasteiger partial charge on any atom is 0.0229 e. The van der Waals surface area contributed by atoms with Crippen molar-refractivity contribution in [1.82, 2.24) is 0 Å². The Morgan fingerprint density at radius 1 is 1.62 bits per heavy atom. The summed E-state index contributed by atoms with van der Waals surface area (Å²) in [7, 11) is 0. The van der Waals surface area contributed by atoms with Crippen molar-refractivity contribution in [3.05, 3.63) is 0 Å². The highest BCUT2D eigenvalue weighted by atomic mass is 32.2. The molecular weight excluding hydrogens is 156 g/mol. The average molecular weight is 165 g/mol. The number of hydrogen-bond donors (Lipinski definition) is 0. The molecule has 0 unspecified atom stereocenters. The molecule has 1 fully saturated rings. The minimum atomic E-state index is 0.922. The molecule has 0 aliphatic carbocycles. The van der Waals surface area contributed by atoms with Crippen molar-refractivity contribution in [1.29, 1.82) is 0 Å². The highest BCUT2D eigenvalue weighted by molar-refractivity contribution is 8.07. The third kappa shape index (κ3) is 2.11. The van der Waals surface area contributed by atoms with Gasteiger partial charge in [0, 0.05) is 28.3 Å². The zero-order valence-corrected chi connectivity index (χ0v) is 7.08. The summed E-state index contributed by atoms with van der Waals surface area (Å²) in [5, 5.41) is 0.947. The number of thioether (sulfide) groups is 2. The Morgan fingerprint density at radius 3 is 2.75 bits per heavy atom. The van der Waals surface area contributed by atoms with Crippen molar-refractivity contribution in [3.8, 4) is 0 Å². The normalized spacial score (nSPS) is 20.6. The van der Waals surface area contributed by atoms with Crippen LogP contribution in [0.3, 0.4) is 0 Å². The van der Waals surface area contributed by atoms with E-state index >= 15 is 0 Å². The molecule has 0 spiro atoms. The molecule has 0 saturated carbocycles. The van der Waals surface area contributed by atoms with E-state index in [1.165, 1.54) is 17.3 Å². The van der Waals surface area contributed by atoms with Gasteiger partial charge in [0.25, 0.3) is 0 Å². The number of rotatable bonds is 3. The van der Waals surface area contributed by atoms with E-state index in [2.05, 4.69) is 0 Å². The fraction of sp³-hybridized carbons (Fsp3) is 1.00. The van der Waals surface area contributed by atoms with Gasteiger partial charge in [-0.25, -0.2) is 0 Å². The zero-order chi connectivity index (χ0) is 5.82. The molecule has 0 N–H and O–H groups in total. The molecule has 0 atom stereocenters. The summed E-state index contributed by atoms with van der Waals surface area (Å²) in [5.41, 5.74) is 0. The van der Waals surface area contributed by atoms with E-state index in [0.717, 1.165) is 11.0 Å². The van der Waals surface area contributed by atoms with Crippen molar-refractivity contribution in [2.24, 2.45) is 0 Å². The van der Waals surface area contributed by atoms with E-state index in [9.17, 15) is 0 Å². The molecule has 0 aromatic carbocycles. The Bertz CT molecular complexity index is 60.7. The van der Waals surface area contributed by atoms with Crippen LogP contribution >= 0.6 is 36.2 Å². The third-order valence-electron chi connectivity index (χ3n) is 1.04. The molecular formula is C5H9S3.